The molecule has 0 spiro atoms. The molecule has 0 fully saturated rings. The second-order valence-corrected chi connectivity index (χ2v) is 4.30. The third kappa shape index (κ3) is 3.64. The van der Waals surface area contributed by atoms with Gasteiger partial charge in [0.15, 0.2) is 0 Å². The van der Waals surface area contributed by atoms with Gasteiger partial charge in [-0.05, 0) is 24.6 Å². The Kier molecular flexibility index (Phi) is 4.66. The third-order valence-corrected chi connectivity index (χ3v) is 2.95. The largest absolute Gasteiger partial charge is 0.312 e. The van der Waals surface area contributed by atoms with Gasteiger partial charge in [0.05, 0.1) is 5.56 Å². The normalized spacial score (nSPS) is 10.1. The predicted octanol–water partition coefficient (Wildman–Crippen LogP) is 3.03. The van der Waals surface area contributed by atoms with Crippen molar-refractivity contribution in [1.82, 2.24) is 5.32 Å². The predicted molar refractivity (Wildman–Crippen MR) is 73.0 cm³/mol. The molecule has 0 saturated heterocycles. The maximum Gasteiger partial charge on any atom is 0.145 e. The van der Waals surface area contributed by atoms with Gasteiger partial charge in [0.2, 0.25) is 0 Å². The van der Waals surface area contributed by atoms with E-state index in [0.717, 1.165) is 13.0 Å². The molecule has 0 aliphatic heterocycles. The van der Waals surface area contributed by atoms with Gasteiger partial charge in [-0.25, -0.2) is 4.39 Å². The Bertz CT molecular complexity index is 573. The molecule has 2 aromatic rings. The second kappa shape index (κ2) is 6.67. The molecule has 2 nitrogen and oxygen atoms in total. The Morgan fingerprint density at radius 3 is 2.58 bits per heavy atom. The Morgan fingerprint density at radius 2 is 1.84 bits per heavy atom. The van der Waals surface area contributed by atoms with Crippen LogP contribution in [0, 0.1) is 17.1 Å². The van der Waals surface area contributed by atoms with Crippen LogP contribution in [0.15, 0.2) is 48.5 Å². The minimum Gasteiger partial charge on any atom is -0.312 e. The van der Waals surface area contributed by atoms with E-state index in [9.17, 15) is 4.39 Å². The summed E-state index contributed by atoms with van der Waals surface area (Å²) in [6, 6.07) is 16.9. The number of hydrogen-bond donors (Lipinski definition) is 1. The monoisotopic (exact) mass is 254 g/mol. The Morgan fingerprint density at radius 1 is 1.05 bits per heavy atom. The van der Waals surface area contributed by atoms with E-state index >= 15 is 0 Å². The van der Waals surface area contributed by atoms with Crippen LogP contribution in [0.25, 0.3) is 0 Å². The molecular formula is C16H15FN2. The highest BCUT2D eigenvalue weighted by atomic mass is 19.1. The van der Waals surface area contributed by atoms with Crippen LogP contribution >= 0.6 is 0 Å². The zero-order chi connectivity index (χ0) is 13.5. The summed E-state index contributed by atoms with van der Waals surface area (Å²) >= 11 is 0. The number of hydrogen-bond acceptors (Lipinski definition) is 2. The maximum atomic E-state index is 13.8. The first-order valence-corrected chi connectivity index (χ1v) is 6.23. The van der Waals surface area contributed by atoms with Crippen LogP contribution in [-0.2, 0) is 13.0 Å². The summed E-state index contributed by atoms with van der Waals surface area (Å²) < 4.78 is 13.8. The number of benzene rings is 2. The standard InChI is InChI=1S/C16H15FN2/c17-16-14(11-18)7-4-8-15(16)12-19-10-9-13-5-2-1-3-6-13/h1-8,19H,9-10,12H2. The molecule has 0 atom stereocenters. The molecule has 1 N–H and O–H groups in total. The van der Waals surface area contributed by atoms with Crippen molar-refractivity contribution < 1.29 is 4.39 Å². The first kappa shape index (κ1) is 13.3. The highest BCUT2D eigenvalue weighted by molar-refractivity contribution is 5.34. The lowest BCUT2D eigenvalue weighted by Crippen LogP contribution is -2.17. The summed E-state index contributed by atoms with van der Waals surface area (Å²) in [5.74, 6) is -0.419. The molecule has 0 aliphatic rings. The Balaban J connectivity index is 1.85. The number of halogens is 1. The molecule has 0 aliphatic carbocycles. The summed E-state index contributed by atoms with van der Waals surface area (Å²) in [5, 5.41) is 11.9. The summed E-state index contributed by atoms with van der Waals surface area (Å²) in [6.45, 7) is 1.22. The molecule has 2 aromatic carbocycles. The fraction of sp³-hybridized carbons (Fsp3) is 0.188. The zero-order valence-corrected chi connectivity index (χ0v) is 10.6. The van der Waals surface area contributed by atoms with Crippen molar-refractivity contribution in [1.29, 1.82) is 5.26 Å². The number of nitrogens with one attached hydrogen (secondary N) is 1. The highest BCUT2D eigenvalue weighted by Gasteiger charge is 2.06. The molecule has 96 valence electrons. The maximum absolute atomic E-state index is 13.8. The molecule has 0 heterocycles. The number of nitriles is 1. The molecule has 0 aromatic heterocycles. The summed E-state index contributed by atoms with van der Waals surface area (Å²) in [4.78, 5) is 0. The van der Waals surface area contributed by atoms with Crippen LogP contribution in [0.5, 0.6) is 0 Å². The molecule has 2 rings (SSSR count). The Labute approximate surface area is 112 Å². The van der Waals surface area contributed by atoms with E-state index in [4.69, 9.17) is 5.26 Å². The first-order chi connectivity index (χ1) is 9.31. The van der Waals surface area contributed by atoms with Gasteiger partial charge >= 0.3 is 0 Å². The van der Waals surface area contributed by atoms with Crippen molar-refractivity contribution in [3.8, 4) is 6.07 Å². The van der Waals surface area contributed by atoms with E-state index in [2.05, 4.69) is 17.4 Å². The minimum absolute atomic E-state index is 0.0994. The second-order valence-electron chi connectivity index (χ2n) is 4.30. The zero-order valence-electron chi connectivity index (χ0n) is 10.6. The van der Waals surface area contributed by atoms with Gasteiger partial charge in [0.1, 0.15) is 11.9 Å². The van der Waals surface area contributed by atoms with Crippen LogP contribution in [-0.4, -0.2) is 6.54 Å². The average Bonchev–Trinajstić information content (AvgIpc) is 2.46. The van der Waals surface area contributed by atoms with Gasteiger partial charge in [-0.1, -0.05) is 42.5 Å². The molecule has 0 radical (unpaired) electrons. The van der Waals surface area contributed by atoms with Gasteiger partial charge < -0.3 is 5.32 Å². The van der Waals surface area contributed by atoms with E-state index in [-0.39, 0.29) is 5.56 Å². The van der Waals surface area contributed by atoms with Crippen LogP contribution in [0.4, 0.5) is 4.39 Å². The number of nitrogens with zero attached hydrogens (tertiary/aromatic N) is 1. The van der Waals surface area contributed by atoms with E-state index in [1.807, 2.05) is 24.3 Å². The van der Waals surface area contributed by atoms with Crippen molar-refractivity contribution in [3.05, 3.63) is 71.0 Å². The summed E-state index contributed by atoms with van der Waals surface area (Å²) in [5.41, 5.74) is 1.88. The van der Waals surface area contributed by atoms with Crippen molar-refractivity contribution in [2.45, 2.75) is 13.0 Å². The third-order valence-electron chi connectivity index (χ3n) is 2.95. The van der Waals surface area contributed by atoms with Crippen LogP contribution in [0.3, 0.4) is 0 Å². The van der Waals surface area contributed by atoms with Crippen LogP contribution in [0.2, 0.25) is 0 Å². The van der Waals surface area contributed by atoms with E-state index in [0.29, 0.717) is 12.1 Å². The molecule has 0 saturated carbocycles. The van der Waals surface area contributed by atoms with Gasteiger partial charge in [-0.2, -0.15) is 5.26 Å². The molecule has 19 heavy (non-hydrogen) atoms. The summed E-state index contributed by atoms with van der Waals surface area (Å²) in [7, 11) is 0. The molecule has 0 unspecified atom stereocenters. The highest BCUT2D eigenvalue weighted by Crippen LogP contribution is 2.11. The average molecular weight is 254 g/mol. The quantitative estimate of drug-likeness (QED) is 0.832. The van der Waals surface area contributed by atoms with Gasteiger partial charge in [-0.15, -0.1) is 0 Å². The van der Waals surface area contributed by atoms with Crippen molar-refractivity contribution in [3.63, 3.8) is 0 Å². The molecule has 0 bridgehead atoms. The van der Waals surface area contributed by atoms with Crippen LogP contribution < -0.4 is 5.32 Å². The van der Waals surface area contributed by atoms with E-state index in [1.165, 1.54) is 11.6 Å². The smallest absolute Gasteiger partial charge is 0.145 e. The fourth-order valence-corrected chi connectivity index (χ4v) is 1.90. The van der Waals surface area contributed by atoms with Crippen molar-refractivity contribution >= 4 is 0 Å². The van der Waals surface area contributed by atoms with Gasteiger partial charge in [0.25, 0.3) is 0 Å². The lowest BCUT2D eigenvalue weighted by molar-refractivity contribution is 0.585. The van der Waals surface area contributed by atoms with Gasteiger partial charge in [-0.3, -0.25) is 0 Å². The lowest BCUT2D eigenvalue weighted by Gasteiger charge is -2.07. The topological polar surface area (TPSA) is 35.8 Å². The van der Waals surface area contributed by atoms with Gasteiger partial charge in [0, 0.05) is 12.1 Å². The van der Waals surface area contributed by atoms with Crippen molar-refractivity contribution in [2.75, 3.05) is 6.54 Å². The van der Waals surface area contributed by atoms with E-state index in [1.54, 1.807) is 12.1 Å². The van der Waals surface area contributed by atoms with Crippen LogP contribution in [0.1, 0.15) is 16.7 Å². The molecule has 0 amide bonds. The SMILES string of the molecule is N#Cc1cccc(CNCCc2ccccc2)c1F. The van der Waals surface area contributed by atoms with E-state index < -0.39 is 5.82 Å². The lowest BCUT2D eigenvalue weighted by atomic mass is 10.1. The van der Waals surface area contributed by atoms with Crippen molar-refractivity contribution in [2.24, 2.45) is 0 Å². The minimum atomic E-state index is -0.419. The number of rotatable bonds is 5. The molecular weight excluding hydrogens is 239 g/mol. The summed E-state index contributed by atoms with van der Waals surface area (Å²) in [6.07, 6.45) is 0.903. The Hall–Kier alpha value is -2.18. The molecule has 3 heteroatoms. The fourth-order valence-electron chi connectivity index (χ4n) is 1.90. The first-order valence-electron chi connectivity index (χ1n) is 6.23.